The number of aliphatic hydroxyl groups is 1. The van der Waals surface area contributed by atoms with Crippen LogP contribution in [0.4, 0.5) is 0 Å². The van der Waals surface area contributed by atoms with Crippen LogP contribution < -0.4 is 5.32 Å². The number of hydrogen-bond donors (Lipinski definition) is 4. The van der Waals surface area contributed by atoms with Crippen molar-refractivity contribution < 1.29 is 31.4 Å². The second-order valence-corrected chi connectivity index (χ2v) is 8.96. The molecule has 1 rings (SSSR count). The first kappa shape index (κ1) is 21.9. The molecule has 0 aromatic rings. The van der Waals surface area contributed by atoms with Gasteiger partial charge in [-0.15, -0.1) is 11.6 Å². The number of rotatable bonds is 4. The number of esters is 1. The van der Waals surface area contributed by atoms with Crippen LogP contribution in [0.5, 0.6) is 0 Å². The maximum absolute atomic E-state index is 11.3. The number of alkyl halides is 1. The van der Waals surface area contributed by atoms with E-state index in [0.717, 1.165) is 13.0 Å². The topological polar surface area (TPSA) is 133 Å². The largest absolute Gasteiger partial charge is 0.462 e. The van der Waals surface area contributed by atoms with Crippen LogP contribution in [0.25, 0.3) is 0 Å². The van der Waals surface area contributed by atoms with Crippen LogP contribution in [-0.2, 0) is 18.1 Å². The molecule has 0 bridgehead atoms. The van der Waals surface area contributed by atoms with Crippen molar-refractivity contribution in [3.05, 3.63) is 24.3 Å². The van der Waals surface area contributed by atoms with Gasteiger partial charge in [0.2, 0.25) is 0 Å². The third-order valence-electron chi connectivity index (χ3n) is 2.65. The van der Waals surface area contributed by atoms with E-state index in [4.69, 9.17) is 11.6 Å². The maximum atomic E-state index is 11.3. The number of halogens is 1. The molecule has 1 aliphatic rings. The molecule has 0 aromatic carbocycles. The summed E-state index contributed by atoms with van der Waals surface area (Å²) < 4.78 is 32.4. The average molecular weight is 414 g/mol. The fraction of sp³-hybridized carbons (Fsp3) is 0.538. The second kappa shape index (κ2) is 9.29. The predicted octanol–water partition coefficient (Wildman–Crippen LogP) is -0.582. The van der Waals surface area contributed by atoms with E-state index >= 15 is 0 Å². The molecule has 0 saturated heterocycles. The molecule has 1 aliphatic carbocycles. The van der Waals surface area contributed by atoms with Gasteiger partial charge in [-0.2, -0.15) is 0 Å². The molecule has 0 heterocycles. The minimum Gasteiger partial charge on any atom is -0.462 e. The van der Waals surface area contributed by atoms with Gasteiger partial charge in [-0.3, -0.25) is 4.79 Å². The third kappa shape index (κ3) is 6.93. The zero-order chi connectivity index (χ0) is 18.3. The summed E-state index contributed by atoms with van der Waals surface area (Å²) >= 11 is -0.0403. The first-order valence-corrected chi connectivity index (χ1v) is 10.5. The Kier molecular flexibility index (Phi) is 8.87. The van der Waals surface area contributed by atoms with Crippen LogP contribution in [0.1, 0.15) is 20.8 Å². The van der Waals surface area contributed by atoms with E-state index in [1.54, 1.807) is 6.92 Å². The zero-order valence-corrected chi connectivity index (χ0v) is 15.6. The number of carbonyl (C=O) groups is 2. The summed E-state index contributed by atoms with van der Waals surface area (Å²) in [4.78, 5) is 21.0. The number of amides is 1. The Morgan fingerprint density at radius 3 is 2.26 bits per heavy atom. The van der Waals surface area contributed by atoms with Gasteiger partial charge in [-0.25, -0.2) is 0 Å². The summed E-state index contributed by atoms with van der Waals surface area (Å²) in [6.07, 6.45) is 3.59. The first-order chi connectivity index (χ1) is 10.5. The second-order valence-electron chi connectivity index (χ2n) is 4.81. The zero-order valence-electron chi connectivity index (χ0n) is 13.0. The van der Waals surface area contributed by atoms with Crippen molar-refractivity contribution in [2.45, 2.75) is 37.3 Å². The Bertz CT molecular complexity index is 530. The van der Waals surface area contributed by atoms with Crippen molar-refractivity contribution in [1.29, 1.82) is 0 Å². The van der Waals surface area contributed by atoms with E-state index in [-0.39, 0.29) is 12.1 Å². The predicted molar refractivity (Wildman–Crippen MR) is 83.7 cm³/mol. The standard InChI is InChI=1S/C8H12AsNO5.C5H9ClO2/c1-6(11)10-8(9(13,14)15)5-3-2-4-7(8)12;1-4(3-6)8-5(2)7/h2-5,7,12H,1H3,(H,10,11)(H2,13,14,15);4H,3H2,1-2H3/t7?,8-;/m1./s1. The van der Waals surface area contributed by atoms with Gasteiger partial charge in [0.25, 0.3) is 0 Å². The Labute approximate surface area is 142 Å². The van der Waals surface area contributed by atoms with E-state index in [1.807, 2.05) is 0 Å². The molecule has 132 valence electrons. The monoisotopic (exact) mass is 413 g/mol. The molecule has 2 unspecified atom stereocenters. The van der Waals surface area contributed by atoms with Gasteiger partial charge in [0, 0.05) is 6.92 Å². The van der Waals surface area contributed by atoms with E-state index in [1.165, 1.54) is 25.2 Å². The van der Waals surface area contributed by atoms with Gasteiger partial charge in [-0.05, 0) is 6.92 Å². The molecule has 0 aromatic heterocycles. The molecule has 23 heavy (non-hydrogen) atoms. The van der Waals surface area contributed by atoms with Gasteiger partial charge < -0.3 is 4.74 Å². The molecule has 10 heteroatoms. The van der Waals surface area contributed by atoms with Crippen LogP contribution in [0.3, 0.4) is 0 Å². The number of nitrogens with one attached hydrogen (secondary N) is 1. The van der Waals surface area contributed by atoms with E-state index in [9.17, 15) is 26.6 Å². The molecule has 4 N–H and O–H groups in total. The normalized spacial score (nSPS) is 24.2. The Balaban J connectivity index is 0.000000515. The number of hydrogen-bond acceptors (Lipinski definition) is 5. The van der Waals surface area contributed by atoms with Crippen LogP contribution in [-0.4, -0.2) is 61.8 Å². The third-order valence-corrected chi connectivity index (χ3v) is 6.21. The van der Waals surface area contributed by atoms with Gasteiger partial charge in [0.15, 0.2) is 0 Å². The summed E-state index contributed by atoms with van der Waals surface area (Å²) in [6.45, 7) is 4.24. The van der Waals surface area contributed by atoms with Gasteiger partial charge in [-0.1, -0.05) is 0 Å². The van der Waals surface area contributed by atoms with E-state index in [2.05, 4.69) is 10.1 Å². The van der Waals surface area contributed by atoms with Crippen LogP contribution >= 0.6 is 11.6 Å². The van der Waals surface area contributed by atoms with Crippen molar-refractivity contribution >= 4 is 37.7 Å². The van der Waals surface area contributed by atoms with Gasteiger partial charge >= 0.3 is 94.9 Å². The minimum absolute atomic E-state index is 0.158. The maximum Gasteiger partial charge on any atom is 0.302 e. The van der Waals surface area contributed by atoms with Crippen molar-refractivity contribution in [1.82, 2.24) is 5.32 Å². The van der Waals surface area contributed by atoms with Crippen molar-refractivity contribution in [2.24, 2.45) is 0 Å². The molecule has 0 spiro atoms. The fourth-order valence-electron chi connectivity index (χ4n) is 1.67. The molecule has 0 fully saturated rings. The van der Waals surface area contributed by atoms with Crippen molar-refractivity contribution in [3.63, 3.8) is 0 Å². The van der Waals surface area contributed by atoms with Gasteiger partial charge in [0.05, 0.1) is 5.88 Å². The summed E-state index contributed by atoms with van der Waals surface area (Å²) in [7, 11) is 0. The molecule has 8 nitrogen and oxygen atoms in total. The SMILES string of the molecule is CC(=O)N[C@]1([As](=O)(O)O)C=CC=CC1O.CC(=O)OC(C)CCl. The molecule has 0 saturated carbocycles. The van der Waals surface area contributed by atoms with Crippen molar-refractivity contribution in [3.8, 4) is 0 Å². The Morgan fingerprint density at radius 1 is 1.39 bits per heavy atom. The number of allylic oxidation sites excluding steroid dienone is 2. The minimum atomic E-state index is -5.36. The Morgan fingerprint density at radius 2 is 1.96 bits per heavy atom. The molecule has 0 radical (unpaired) electrons. The molecular formula is C13H21AsClNO7. The van der Waals surface area contributed by atoms with Crippen molar-refractivity contribution in [2.75, 3.05) is 5.88 Å². The molecular weight excluding hydrogens is 393 g/mol. The summed E-state index contributed by atoms with van der Waals surface area (Å²) in [5, 5.41) is 11.7. The quantitative estimate of drug-likeness (QED) is 0.275. The van der Waals surface area contributed by atoms with Crippen LogP contribution in [0.2, 0.25) is 0 Å². The first-order valence-electron chi connectivity index (χ1n) is 6.58. The molecule has 3 atom stereocenters. The van der Waals surface area contributed by atoms with Gasteiger partial charge in [0.1, 0.15) is 6.10 Å². The smallest absolute Gasteiger partial charge is 0.302 e. The fourth-order valence-corrected chi connectivity index (χ4v) is 3.86. The molecule has 0 aliphatic heterocycles. The summed E-state index contributed by atoms with van der Waals surface area (Å²) in [6, 6.07) is 0. The van der Waals surface area contributed by atoms with E-state index in [0.29, 0.717) is 5.88 Å². The number of carbonyl (C=O) groups excluding carboxylic acids is 2. The average Bonchev–Trinajstić information content (AvgIpc) is 2.39. The van der Waals surface area contributed by atoms with Crippen LogP contribution in [0, 0.1) is 0 Å². The summed E-state index contributed by atoms with van der Waals surface area (Å²) in [5.41, 5.74) is 0. The molecule has 1 amide bonds. The number of ether oxygens (including phenoxy) is 1. The number of aliphatic hydroxyl groups excluding tert-OH is 1. The van der Waals surface area contributed by atoms with E-state index < -0.39 is 30.5 Å². The Hall–Kier alpha value is -1.05. The van der Waals surface area contributed by atoms with Crippen LogP contribution in [0.15, 0.2) is 24.3 Å². The summed E-state index contributed by atoms with van der Waals surface area (Å²) in [5.74, 6) is -0.531.